The molecule has 2 N–H and O–H groups in total. The predicted octanol–water partition coefficient (Wildman–Crippen LogP) is 1.17. The van der Waals surface area contributed by atoms with E-state index in [9.17, 15) is 0 Å². The molecule has 0 radical (unpaired) electrons. The van der Waals surface area contributed by atoms with Crippen LogP contribution < -0.4 is 5.73 Å². The summed E-state index contributed by atoms with van der Waals surface area (Å²) < 4.78 is 1.77. The SMILES string of the molecule is Cc1nn(-c2ncccn2)c(C)c1CC(C)N. The van der Waals surface area contributed by atoms with Crippen LogP contribution in [0.4, 0.5) is 0 Å². The summed E-state index contributed by atoms with van der Waals surface area (Å²) in [4.78, 5) is 8.40. The molecule has 1 atom stereocenters. The molecule has 2 aromatic heterocycles. The molecular weight excluding hydrogens is 214 g/mol. The maximum Gasteiger partial charge on any atom is 0.250 e. The van der Waals surface area contributed by atoms with Crippen LogP contribution in [-0.2, 0) is 6.42 Å². The quantitative estimate of drug-likeness (QED) is 0.860. The van der Waals surface area contributed by atoms with E-state index >= 15 is 0 Å². The zero-order valence-electron chi connectivity index (χ0n) is 10.4. The van der Waals surface area contributed by atoms with Crippen LogP contribution in [0.15, 0.2) is 18.5 Å². The van der Waals surface area contributed by atoms with Gasteiger partial charge in [-0.05, 0) is 38.8 Å². The van der Waals surface area contributed by atoms with E-state index in [4.69, 9.17) is 5.73 Å². The average molecular weight is 231 g/mol. The van der Waals surface area contributed by atoms with E-state index < -0.39 is 0 Å². The molecule has 2 heterocycles. The molecule has 90 valence electrons. The van der Waals surface area contributed by atoms with Crippen molar-refractivity contribution in [3.05, 3.63) is 35.4 Å². The second kappa shape index (κ2) is 4.63. The van der Waals surface area contributed by atoms with Crippen LogP contribution in [0, 0.1) is 13.8 Å². The van der Waals surface area contributed by atoms with Gasteiger partial charge in [0.25, 0.3) is 5.95 Å². The lowest BCUT2D eigenvalue weighted by Crippen LogP contribution is -2.18. The number of aromatic nitrogens is 4. The Bertz CT molecular complexity index is 501. The fraction of sp³-hybridized carbons (Fsp3) is 0.417. The van der Waals surface area contributed by atoms with E-state index in [1.54, 1.807) is 23.1 Å². The molecule has 0 bridgehead atoms. The fourth-order valence-corrected chi connectivity index (χ4v) is 1.89. The summed E-state index contributed by atoms with van der Waals surface area (Å²) in [6, 6.07) is 1.92. The van der Waals surface area contributed by atoms with Crippen molar-refractivity contribution in [3.63, 3.8) is 0 Å². The van der Waals surface area contributed by atoms with Crippen LogP contribution in [-0.4, -0.2) is 25.8 Å². The van der Waals surface area contributed by atoms with Gasteiger partial charge >= 0.3 is 0 Å². The average Bonchev–Trinajstić information content (AvgIpc) is 2.58. The molecule has 2 rings (SSSR count). The molecule has 0 aromatic carbocycles. The van der Waals surface area contributed by atoms with E-state index in [-0.39, 0.29) is 6.04 Å². The van der Waals surface area contributed by atoms with Gasteiger partial charge in [-0.25, -0.2) is 14.6 Å². The highest BCUT2D eigenvalue weighted by Gasteiger charge is 2.14. The molecule has 0 saturated heterocycles. The van der Waals surface area contributed by atoms with Crippen molar-refractivity contribution < 1.29 is 0 Å². The van der Waals surface area contributed by atoms with Crippen molar-refractivity contribution in [2.45, 2.75) is 33.2 Å². The predicted molar refractivity (Wildman–Crippen MR) is 66.0 cm³/mol. The Balaban J connectivity index is 2.44. The number of rotatable bonds is 3. The van der Waals surface area contributed by atoms with Gasteiger partial charge in [-0.2, -0.15) is 5.10 Å². The van der Waals surface area contributed by atoms with Crippen LogP contribution in [0.25, 0.3) is 5.95 Å². The summed E-state index contributed by atoms with van der Waals surface area (Å²) in [5, 5.41) is 4.47. The minimum Gasteiger partial charge on any atom is -0.328 e. The Hall–Kier alpha value is -1.75. The molecule has 0 amide bonds. The van der Waals surface area contributed by atoms with Gasteiger partial charge < -0.3 is 5.73 Å². The first-order valence-electron chi connectivity index (χ1n) is 5.67. The maximum absolute atomic E-state index is 5.84. The first-order chi connectivity index (χ1) is 8.09. The van der Waals surface area contributed by atoms with E-state index in [2.05, 4.69) is 15.1 Å². The highest BCUT2D eigenvalue weighted by molar-refractivity contribution is 5.29. The van der Waals surface area contributed by atoms with E-state index in [0.29, 0.717) is 5.95 Å². The van der Waals surface area contributed by atoms with Gasteiger partial charge in [-0.15, -0.1) is 0 Å². The summed E-state index contributed by atoms with van der Waals surface area (Å²) in [6.45, 7) is 6.01. The molecule has 17 heavy (non-hydrogen) atoms. The van der Waals surface area contributed by atoms with Crippen molar-refractivity contribution in [2.75, 3.05) is 0 Å². The van der Waals surface area contributed by atoms with Crippen molar-refractivity contribution in [1.29, 1.82) is 0 Å². The zero-order chi connectivity index (χ0) is 12.4. The number of nitrogens with two attached hydrogens (primary N) is 1. The topological polar surface area (TPSA) is 69.6 Å². The molecule has 1 unspecified atom stereocenters. The fourth-order valence-electron chi connectivity index (χ4n) is 1.89. The summed E-state index contributed by atoms with van der Waals surface area (Å²) in [6.07, 6.45) is 4.25. The van der Waals surface area contributed by atoms with Crippen molar-refractivity contribution in [2.24, 2.45) is 5.73 Å². The first kappa shape index (κ1) is 11.7. The van der Waals surface area contributed by atoms with Crippen LogP contribution in [0.2, 0.25) is 0 Å². The largest absolute Gasteiger partial charge is 0.328 e. The molecule has 0 aliphatic heterocycles. The molecule has 0 spiro atoms. The third-order valence-electron chi connectivity index (χ3n) is 2.71. The molecule has 2 aromatic rings. The zero-order valence-corrected chi connectivity index (χ0v) is 10.4. The minimum atomic E-state index is 0.127. The smallest absolute Gasteiger partial charge is 0.250 e. The maximum atomic E-state index is 5.84. The molecule has 0 aliphatic carbocycles. The van der Waals surface area contributed by atoms with Gasteiger partial charge in [-0.3, -0.25) is 0 Å². The van der Waals surface area contributed by atoms with Gasteiger partial charge in [0.15, 0.2) is 0 Å². The Kier molecular flexibility index (Phi) is 3.19. The summed E-state index contributed by atoms with van der Waals surface area (Å²) >= 11 is 0. The van der Waals surface area contributed by atoms with Gasteiger partial charge in [-0.1, -0.05) is 0 Å². The normalized spacial score (nSPS) is 12.7. The third kappa shape index (κ3) is 2.34. The van der Waals surface area contributed by atoms with Crippen molar-refractivity contribution >= 4 is 0 Å². The summed E-state index contributed by atoms with van der Waals surface area (Å²) in [7, 11) is 0. The van der Waals surface area contributed by atoms with Crippen LogP contribution in [0.1, 0.15) is 23.9 Å². The molecular formula is C12H17N5. The monoisotopic (exact) mass is 231 g/mol. The lowest BCUT2D eigenvalue weighted by molar-refractivity contribution is 0.728. The second-order valence-corrected chi connectivity index (χ2v) is 4.29. The molecule has 0 aliphatic rings. The standard InChI is InChI=1S/C12H17N5/c1-8(13)7-11-9(2)16-17(10(11)3)12-14-5-4-6-15-12/h4-6,8H,7,13H2,1-3H3. The second-order valence-electron chi connectivity index (χ2n) is 4.29. The molecule has 5 heteroatoms. The number of nitrogens with zero attached hydrogens (tertiary/aromatic N) is 4. The van der Waals surface area contributed by atoms with Gasteiger partial charge in [0.05, 0.1) is 5.69 Å². The van der Waals surface area contributed by atoms with Gasteiger partial charge in [0.2, 0.25) is 0 Å². The lowest BCUT2D eigenvalue weighted by Gasteiger charge is -2.05. The number of hydrogen-bond donors (Lipinski definition) is 1. The van der Waals surface area contributed by atoms with Gasteiger partial charge in [0.1, 0.15) is 0 Å². The summed E-state index contributed by atoms with van der Waals surface area (Å²) in [5.41, 5.74) is 9.08. The van der Waals surface area contributed by atoms with Gasteiger partial charge in [0, 0.05) is 24.1 Å². The Morgan fingerprint density at radius 2 is 1.94 bits per heavy atom. The minimum absolute atomic E-state index is 0.127. The Labute approximate surface area is 101 Å². The van der Waals surface area contributed by atoms with Crippen LogP contribution >= 0.6 is 0 Å². The highest BCUT2D eigenvalue weighted by Crippen LogP contribution is 2.16. The van der Waals surface area contributed by atoms with E-state index in [0.717, 1.165) is 17.8 Å². The Morgan fingerprint density at radius 1 is 1.29 bits per heavy atom. The lowest BCUT2D eigenvalue weighted by atomic mass is 10.1. The van der Waals surface area contributed by atoms with Crippen LogP contribution in [0.3, 0.4) is 0 Å². The van der Waals surface area contributed by atoms with Crippen molar-refractivity contribution in [1.82, 2.24) is 19.7 Å². The van der Waals surface area contributed by atoms with Crippen molar-refractivity contribution in [3.8, 4) is 5.95 Å². The molecule has 5 nitrogen and oxygen atoms in total. The van der Waals surface area contributed by atoms with E-state index in [1.165, 1.54) is 5.56 Å². The third-order valence-corrected chi connectivity index (χ3v) is 2.71. The number of hydrogen-bond acceptors (Lipinski definition) is 4. The highest BCUT2D eigenvalue weighted by atomic mass is 15.4. The Morgan fingerprint density at radius 3 is 2.53 bits per heavy atom. The first-order valence-corrected chi connectivity index (χ1v) is 5.67. The van der Waals surface area contributed by atoms with E-state index in [1.807, 2.05) is 20.8 Å². The number of aryl methyl sites for hydroxylation is 1. The van der Waals surface area contributed by atoms with Crippen LogP contribution in [0.5, 0.6) is 0 Å². The summed E-state index contributed by atoms with van der Waals surface area (Å²) in [5.74, 6) is 0.601. The molecule has 0 fully saturated rings. The molecule has 0 saturated carbocycles.